The molecule has 0 saturated heterocycles. The van der Waals surface area contributed by atoms with E-state index in [1.807, 2.05) is 23.9 Å². The molecule has 1 heterocycles. The van der Waals surface area contributed by atoms with Gasteiger partial charge in [-0.3, -0.25) is 0 Å². The van der Waals surface area contributed by atoms with Crippen LogP contribution in [-0.2, 0) is 0 Å². The van der Waals surface area contributed by atoms with Gasteiger partial charge in [0.2, 0.25) is 0 Å². The minimum atomic E-state index is 0.670. The van der Waals surface area contributed by atoms with Gasteiger partial charge in [-0.1, -0.05) is 0 Å². The normalized spacial score (nSPS) is 16.3. The van der Waals surface area contributed by atoms with E-state index in [9.17, 15) is 0 Å². The fraction of sp³-hybridized carbons (Fsp3) is 0.444. The number of rotatable bonds is 3. The molecule has 1 aromatic rings. The highest BCUT2D eigenvalue weighted by Crippen LogP contribution is 2.35. The van der Waals surface area contributed by atoms with Gasteiger partial charge in [-0.25, -0.2) is 4.98 Å². The van der Waals surface area contributed by atoms with Crippen molar-refractivity contribution in [1.29, 1.82) is 0 Å². The lowest BCUT2D eigenvalue weighted by atomic mass is 10.5. The standard InChI is InChI=1S/C9H12N2S/c10-9-8(2-1-5-11-9)12-6-7-3-4-7/h1-2,5,7H,3-4,6H2,(H2,10,11). The number of pyridine rings is 1. The van der Waals surface area contributed by atoms with Crippen LogP contribution in [0, 0.1) is 5.92 Å². The van der Waals surface area contributed by atoms with Crippen molar-refractivity contribution in [3.05, 3.63) is 18.3 Å². The summed E-state index contributed by atoms with van der Waals surface area (Å²) in [5, 5.41) is 0. The maximum atomic E-state index is 5.70. The van der Waals surface area contributed by atoms with Crippen LogP contribution in [0.4, 0.5) is 5.82 Å². The van der Waals surface area contributed by atoms with Crippen LogP contribution in [0.1, 0.15) is 12.8 Å². The Hall–Kier alpha value is -0.700. The predicted octanol–water partition coefficient (Wildman–Crippen LogP) is 2.17. The number of hydrogen-bond donors (Lipinski definition) is 1. The molecule has 0 bridgehead atoms. The predicted molar refractivity (Wildman–Crippen MR) is 52.1 cm³/mol. The largest absolute Gasteiger partial charge is 0.383 e. The summed E-state index contributed by atoms with van der Waals surface area (Å²) in [7, 11) is 0. The molecule has 3 heteroatoms. The van der Waals surface area contributed by atoms with Crippen molar-refractivity contribution in [2.75, 3.05) is 11.5 Å². The van der Waals surface area contributed by atoms with Crippen molar-refractivity contribution < 1.29 is 0 Å². The van der Waals surface area contributed by atoms with Crippen LogP contribution in [0.3, 0.4) is 0 Å². The van der Waals surface area contributed by atoms with Gasteiger partial charge in [0.05, 0.1) is 0 Å². The van der Waals surface area contributed by atoms with E-state index in [0.29, 0.717) is 5.82 Å². The van der Waals surface area contributed by atoms with Gasteiger partial charge in [0.25, 0.3) is 0 Å². The number of nitrogens with zero attached hydrogens (tertiary/aromatic N) is 1. The van der Waals surface area contributed by atoms with E-state index in [2.05, 4.69) is 4.98 Å². The van der Waals surface area contributed by atoms with Crippen LogP contribution in [0.15, 0.2) is 23.2 Å². The molecule has 0 aliphatic heterocycles. The molecular weight excluding hydrogens is 168 g/mol. The zero-order valence-corrected chi connectivity index (χ0v) is 7.68. The molecule has 0 amide bonds. The van der Waals surface area contributed by atoms with Crippen LogP contribution in [0.2, 0.25) is 0 Å². The van der Waals surface area contributed by atoms with Crippen molar-refractivity contribution in [3.63, 3.8) is 0 Å². The number of thioether (sulfide) groups is 1. The fourth-order valence-electron chi connectivity index (χ4n) is 1.02. The zero-order chi connectivity index (χ0) is 8.39. The van der Waals surface area contributed by atoms with Crippen LogP contribution >= 0.6 is 11.8 Å². The van der Waals surface area contributed by atoms with Gasteiger partial charge in [-0.2, -0.15) is 0 Å². The lowest BCUT2D eigenvalue weighted by Crippen LogP contribution is -1.92. The molecule has 64 valence electrons. The Morgan fingerprint density at radius 3 is 3.08 bits per heavy atom. The quantitative estimate of drug-likeness (QED) is 0.724. The Kier molecular flexibility index (Phi) is 2.21. The molecule has 12 heavy (non-hydrogen) atoms. The molecule has 0 unspecified atom stereocenters. The zero-order valence-electron chi connectivity index (χ0n) is 6.86. The fourth-order valence-corrected chi connectivity index (χ4v) is 2.14. The molecule has 0 radical (unpaired) electrons. The average molecular weight is 180 g/mol. The molecule has 0 atom stereocenters. The summed E-state index contributed by atoms with van der Waals surface area (Å²) in [6, 6.07) is 3.97. The van der Waals surface area contributed by atoms with Crippen molar-refractivity contribution in [2.45, 2.75) is 17.7 Å². The average Bonchev–Trinajstić information content (AvgIpc) is 2.86. The highest BCUT2D eigenvalue weighted by atomic mass is 32.2. The first kappa shape index (κ1) is 7.92. The van der Waals surface area contributed by atoms with Gasteiger partial charge in [0, 0.05) is 16.8 Å². The van der Waals surface area contributed by atoms with Crippen molar-refractivity contribution in [1.82, 2.24) is 4.98 Å². The summed E-state index contributed by atoms with van der Waals surface area (Å²) >= 11 is 1.83. The van der Waals surface area contributed by atoms with E-state index in [1.54, 1.807) is 6.20 Å². The van der Waals surface area contributed by atoms with Gasteiger partial charge in [0.1, 0.15) is 5.82 Å². The number of nitrogen functional groups attached to an aromatic ring is 1. The Bertz CT molecular complexity index is 271. The second kappa shape index (κ2) is 3.35. The summed E-state index contributed by atoms with van der Waals surface area (Å²) < 4.78 is 0. The molecule has 1 fully saturated rings. The lowest BCUT2D eigenvalue weighted by molar-refractivity contribution is 0.999. The van der Waals surface area contributed by atoms with E-state index in [0.717, 1.165) is 10.8 Å². The van der Waals surface area contributed by atoms with Crippen molar-refractivity contribution >= 4 is 17.6 Å². The van der Waals surface area contributed by atoms with Crippen molar-refractivity contribution in [2.24, 2.45) is 5.92 Å². The Labute approximate surface area is 76.6 Å². The minimum Gasteiger partial charge on any atom is -0.383 e. The SMILES string of the molecule is Nc1ncccc1SCC1CC1. The van der Waals surface area contributed by atoms with E-state index in [4.69, 9.17) is 5.73 Å². The van der Waals surface area contributed by atoms with E-state index in [1.165, 1.54) is 18.6 Å². The Balaban J connectivity index is 1.96. The molecule has 0 aromatic carbocycles. The van der Waals surface area contributed by atoms with E-state index in [-0.39, 0.29) is 0 Å². The monoisotopic (exact) mass is 180 g/mol. The highest BCUT2D eigenvalue weighted by Gasteiger charge is 2.21. The van der Waals surface area contributed by atoms with Gasteiger partial charge < -0.3 is 5.73 Å². The van der Waals surface area contributed by atoms with Crippen molar-refractivity contribution in [3.8, 4) is 0 Å². The summed E-state index contributed by atoms with van der Waals surface area (Å²) in [5.41, 5.74) is 5.70. The Morgan fingerprint density at radius 2 is 2.42 bits per heavy atom. The first-order chi connectivity index (χ1) is 5.86. The molecule has 0 spiro atoms. The molecule has 2 nitrogen and oxygen atoms in total. The van der Waals surface area contributed by atoms with Crippen LogP contribution < -0.4 is 5.73 Å². The molecule has 2 N–H and O–H groups in total. The van der Waals surface area contributed by atoms with Gasteiger partial charge in [0.15, 0.2) is 0 Å². The lowest BCUT2D eigenvalue weighted by Gasteiger charge is -2.01. The van der Waals surface area contributed by atoms with Gasteiger partial charge in [-0.05, 0) is 30.9 Å². The van der Waals surface area contributed by atoms with Gasteiger partial charge in [-0.15, -0.1) is 11.8 Å². The Morgan fingerprint density at radius 1 is 1.58 bits per heavy atom. The second-order valence-corrected chi connectivity index (χ2v) is 4.20. The number of aromatic nitrogens is 1. The van der Waals surface area contributed by atoms with Crippen LogP contribution in [-0.4, -0.2) is 10.7 Å². The number of hydrogen-bond acceptors (Lipinski definition) is 3. The highest BCUT2D eigenvalue weighted by molar-refractivity contribution is 7.99. The molecule has 1 aliphatic rings. The number of nitrogens with two attached hydrogens (primary N) is 1. The topological polar surface area (TPSA) is 38.9 Å². The molecule has 1 aliphatic carbocycles. The molecular formula is C9H12N2S. The smallest absolute Gasteiger partial charge is 0.137 e. The summed E-state index contributed by atoms with van der Waals surface area (Å²) in [6.07, 6.45) is 4.52. The minimum absolute atomic E-state index is 0.670. The van der Waals surface area contributed by atoms with Crippen LogP contribution in [0.5, 0.6) is 0 Å². The maximum Gasteiger partial charge on any atom is 0.137 e. The molecule has 1 aromatic heterocycles. The van der Waals surface area contributed by atoms with E-state index >= 15 is 0 Å². The third kappa shape index (κ3) is 1.91. The summed E-state index contributed by atoms with van der Waals surface area (Å²) in [6.45, 7) is 0. The first-order valence-electron chi connectivity index (χ1n) is 4.19. The summed E-state index contributed by atoms with van der Waals surface area (Å²) in [5.74, 6) is 2.81. The van der Waals surface area contributed by atoms with Gasteiger partial charge >= 0.3 is 0 Å². The van der Waals surface area contributed by atoms with E-state index < -0.39 is 0 Å². The van der Waals surface area contributed by atoms with Crippen LogP contribution in [0.25, 0.3) is 0 Å². The maximum absolute atomic E-state index is 5.70. The third-order valence-corrected chi connectivity index (χ3v) is 3.27. The number of anilines is 1. The third-order valence-electron chi connectivity index (χ3n) is 1.97. The first-order valence-corrected chi connectivity index (χ1v) is 5.18. The molecule has 2 rings (SSSR count). The summed E-state index contributed by atoms with van der Waals surface area (Å²) in [4.78, 5) is 5.16. The second-order valence-electron chi connectivity index (χ2n) is 3.14. The molecule has 1 saturated carbocycles.